The van der Waals surface area contributed by atoms with Gasteiger partial charge in [0.2, 0.25) is 0 Å². The summed E-state index contributed by atoms with van der Waals surface area (Å²) in [5.74, 6) is 1.61. The van der Waals surface area contributed by atoms with Gasteiger partial charge in [-0.15, -0.1) is 0 Å². The van der Waals surface area contributed by atoms with Gasteiger partial charge in [-0.05, 0) is 25.7 Å². The molecular weight excluding hydrogens is 194 g/mol. The molecule has 0 aromatic carbocycles. The third-order valence-electron chi connectivity index (χ3n) is 3.30. The summed E-state index contributed by atoms with van der Waals surface area (Å²) in [6.45, 7) is 17.1. The minimum atomic E-state index is 0.310. The van der Waals surface area contributed by atoms with Crippen LogP contribution < -0.4 is 0 Å². The van der Waals surface area contributed by atoms with E-state index in [1.54, 1.807) is 0 Å². The molecule has 0 rings (SSSR count). The molecule has 0 aromatic rings. The van der Waals surface area contributed by atoms with Crippen LogP contribution in [0.5, 0.6) is 0 Å². The van der Waals surface area contributed by atoms with Crippen LogP contribution >= 0.6 is 0 Å². The Hall–Kier alpha value is -0.850. The van der Waals surface area contributed by atoms with Crippen molar-refractivity contribution in [3.8, 4) is 0 Å². The fraction of sp³-hybridized carbons (Fsp3) is 0.667. The van der Waals surface area contributed by atoms with Crippen LogP contribution in [0.4, 0.5) is 0 Å². The molecule has 0 aliphatic heterocycles. The highest BCUT2D eigenvalue weighted by Gasteiger charge is 2.12. The Morgan fingerprint density at radius 3 is 2.12 bits per heavy atom. The standard InChI is InChI=1S/C15H27N/c1-8-9-12(4)14(6)15(7)16-10-13(5)11(2)3/h8-11,13-15H,4H2,1-3,5-7H3/b9-8-,16-10-. The van der Waals surface area contributed by atoms with Crippen LogP contribution in [0.25, 0.3) is 0 Å². The van der Waals surface area contributed by atoms with Gasteiger partial charge in [0.05, 0.1) is 6.04 Å². The van der Waals surface area contributed by atoms with Crippen molar-refractivity contribution in [2.24, 2.45) is 22.7 Å². The molecular formula is C15H27N. The van der Waals surface area contributed by atoms with Gasteiger partial charge in [0, 0.05) is 12.1 Å². The Morgan fingerprint density at radius 2 is 1.69 bits per heavy atom. The lowest BCUT2D eigenvalue weighted by Crippen LogP contribution is -2.15. The smallest absolute Gasteiger partial charge is 0.0533 e. The summed E-state index contributed by atoms with van der Waals surface area (Å²) in [5.41, 5.74) is 1.16. The summed E-state index contributed by atoms with van der Waals surface area (Å²) >= 11 is 0. The van der Waals surface area contributed by atoms with Crippen LogP contribution in [0.2, 0.25) is 0 Å². The Labute approximate surface area is 101 Å². The third kappa shape index (κ3) is 5.29. The highest BCUT2D eigenvalue weighted by Crippen LogP contribution is 2.17. The van der Waals surface area contributed by atoms with Crippen molar-refractivity contribution in [2.45, 2.75) is 47.6 Å². The molecule has 0 aliphatic rings. The van der Waals surface area contributed by atoms with Crippen LogP contribution in [0.3, 0.4) is 0 Å². The summed E-state index contributed by atoms with van der Waals surface area (Å²) < 4.78 is 0. The summed E-state index contributed by atoms with van der Waals surface area (Å²) in [7, 11) is 0. The number of aliphatic imine (C=N–C) groups is 1. The van der Waals surface area contributed by atoms with Crippen molar-refractivity contribution in [3.05, 3.63) is 24.3 Å². The molecule has 0 spiro atoms. The van der Waals surface area contributed by atoms with Crippen molar-refractivity contribution < 1.29 is 0 Å². The van der Waals surface area contributed by atoms with E-state index in [1.165, 1.54) is 0 Å². The lowest BCUT2D eigenvalue weighted by atomic mass is 9.94. The molecule has 1 heteroatoms. The molecule has 0 saturated carbocycles. The first-order chi connectivity index (χ1) is 7.40. The zero-order valence-electron chi connectivity index (χ0n) is 11.7. The second-order valence-electron chi connectivity index (χ2n) is 5.01. The maximum atomic E-state index is 4.63. The first kappa shape index (κ1) is 15.2. The molecule has 3 atom stereocenters. The highest BCUT2D eigenvalue weighted by atomic mass is 14.8. The first-order valence-corrected chi connectivity index (χ1v) is 6.24. The van der Waals surface area contributed by atoms with Gasteiger partial charge >= 0.3 is 0 Å². The zero-order chi connectivity index (χ0) is 12.7. The lowest BCUT2D eigenvalue weighted by molar-refractivity contribution is 0.525. The molecule has 0 fully saturated rings. The predicted molar refractivity (Wildman–Crippen MR) is 75.1 cm³/mol. The van der Waals surface area contributed by atoms with Crippen molar-refractivity contribution in [1.29, 1.82) is 0 Å². The summed E-state index contributed by atoms with van der Waals surface area (Å²) in [6, 6.07) is 0.310. The fourth-order valence-electron chi connectivity index (χ4n) is 1.25. The SMILES string of the molecule is C=C(/C=C\C)C(C)C(C)/N=C\C(C)C(C)C. The van der Waals surface area contributed by atoms with E-state index in [-0.39, 0.29) is 0 Å². The van der Waals surface area contributed by atoms with Gasteiger partial charge in [-0.3, -0.25) is 4.99 Å². The fourth-order valence-corrected chi connectivity index (χ4v) is 1.25. The summed E-state index contributed by atoms with van der Waals surface area (Å²) in [5, 5.41) is 0. The van der Waals surface area contributed by atoms with E-state index in [0.717, 1.165) is 5.57 Å². The number of hydrogen-bond donors (Lipinski definition) is 0. The quantitative estimate of drug-likeness (QED) is 0.462. The van der Waals surface area contributed by atoms with Crippen LogP contribution in [-0.4, -0.2) is 12.3 Å². The van der Waals surface area contributed by atoms with Crippen LogP contribution in [0.1, 0.15) is 41.5 Å². The molecule has 1 nitrogen and oxygen atoms in total. The lowest BCUT2D eigenvalue weighted by Gasteiger charge is -2.18. The molecule has 16 heavy (non-hydrogen) atoms. The third-order valence-corrected chi connectivity index (χ3v) is 3.30. The average molecular weight is 221 g/mol. The highest BCUT2D eigenvalue weighted by molar-refractivity contribution is 5.60. The molecule has 0 amide bonds. The molecule has 0 aromatic heterocycles. The minimum Gasteiger partial charge on any atom is -0.294 e. The predicted octanol–water partition coefficient (Wildman–Crippen LogP) is 4.51. The normalized spacial score (nSPS) is 18.2. The van der Waals surface area contributed by atoms with E-state index >= 15 is 0 Å². The van der Waals surface area contributed by atoms with Gasteiger partial charge in [0.25, 0.3) is 0 Å². The van der Waals surface area contributed by atoms with Crippen molar-refractivity contribution in [1.82, 2.24) is 0 Å². The molecule has 0 heterocycles. The average Bonchev–Trinajstić information content (AvgIpc) is 2.24. The van der Waals surface area contributed by atoms with Gasteiger partial charge in [0.1, 0.15) is 0 Å². The van der Waals surface area contributed by atoms with E-state index in [2.05, 4.69) is 58.5 Å². The monoisotopic (exact) mass is 221 g/mol. The number of hydrogen-bond acceptors (Lipinski definition) is 1. The number of allylic oxidation sites excluding steroid dienone is 2. The first-order valence-electron chi connectivity index (χ1n) is 6.24. The molecule has 92 valence electrons. The van der Waals surface area contributed by atoms with Crippen LogP contribution in [0, 0.1) is 17.8 Å². The molecule has 0 bridgehead atoms. The topological polar surface area (TPSA) is 12.4 Å². The van der Waals surface area contributed by atoms with Crippen molar-refractivity contribution >= 4 is 6.21 Å². The Balaban J connectivity index is 4.35. The van der Waals surface area contributed by atoms with E-state index in [9.17, 15) is 0 Å². The molecule has 0 aliphatic carbocycles. The van der Waals surface area contributed by atoms with Gasteiger partial charge in [-0.1, -0.05) is 52.0 Å². The number of nitrogens with zero attached hydrogens (tertiary/aromatic N) is 1. The zero-order valence-corrected chi connectivity index (χ0v) is 11.7. The summed E-state index contributed by atoms with van der Waals surface area (Å²) in [4.78, 5) is 4.63. The van der Waals surface area contributed by atoms with E-state index in [0.29, 0.717) is 23.8 Å². The van der Waals surface area contributed by atoms with Crippen LogP contribution in [0.15, 0.2) is 29.3 Å². The van der Waals surface area contributed by atoms with Gasteiger partial charge < -0.3 is 0 Å². The minimum absolute atomic E-state index is 0.310. The molecule has 0 radical (unpaired) electrons. The van der Waals surface area contributed by atoms with Gasteiger partial charge in [0.15, 0.2) is 0 Å². The van der Waals surface area contributed by atoms with Gasteiger partial charge in [-0.25, -0.2) is 0 Å². The Morgan fingerprint density at radius 1 is 1.12 bits per heavy atom. The van der Waals surface area contributed by atoms with E-state index in [4.69, 9.17) is 0 Å². The number of rotatable bonds is 6. The largest absolute Gasteiger partial charge is 0.294 e. The van der Waals surface area contributed by atoms with Gasteiger partial charge in [-0.2, -0.15) is 0 Å². The summed E-state index contributed by atoms with van der Waals surface area (Å²) in [6.07, 6.45) is 6.20. The van der Waals surface area contributed by atoms with Crippen molar-refractivity contribution in [2.75, 3.05) is 0 Å². The maximum absolute atomic E-state index is 4.63. The van der Waals surface area contributed by atoms with Crippen LogP contribution in [-0.2, 0) is 0 Å². The maximum Gasteiger partial charge on any atom is 0.0533 e. The van der Waals surface area contributed by atoms with E-state index in [1.807, 2.05) is 13.0 Å². The Bertz CT molecular complexity index is 261. The second kappa shape index (κ2) is 7.43. The van der Waals surface area contributed by atoms with E-state index < -0.39 is 0 Å². The molecule has 3 unspecified atom stereocenters. The second-order valence-corrected chi connectivity index (χ2v) is 5.01. The molecule has 0 N–H and O–H groups in total. The van der Waals surface area contributed by atoms with Crippen molar-refractivity contribution in [3.63, 3.8) is 0 Å². The Kier molecular flexibility index (Phi) is 7.03. The molecule has 0 saturated heterocycles.